The van der Waals surface area contributed by atoms with Gasteiger partial charge in [0.25, 0.3) is 5.91 Å². The Morgan fingerprint density at radius 1 is 1.17 bits per heavy atom. The molecule has 4 aromatic rings. The summed E-state index contributed by atoms with van der Waals surface area (Å²) in [5.41, 5.74) is 12.5. The summed E-state index contributed by atoms with van der Waals surface area (Å²) in [6, 6.07) is 18.8. The molecule has 0 radical (unpaired) electrons. The van der Waals surface area contributed by atoms with E-state index in [-0.39, 0.29) is 23.7 Å². The number of rotatable bonds is 7. The first-order valence-electron chi connectivity index (χ1n) is 13.8. The molecule has 1 aliphatic rings. The Morgan fingerprint density at radius 3 is 2.62 bits per heavy atom. The number of thiazole rings is 1. The van der Waals surface area contributed by atoms with E-state index in [1.165, 1.54) is 0 Å². The van der Waals surface area contributed by atoms with Gasteiger partial charge in [0.1, 0.15) is 10.5 Å². The number of nitrogens with zero attached hydrogens (tertiary/aromatic N) is 3. The maximum atomic E-state index is 13.9. The number of aromatic nitrogens is 2. The molecule has 9 heteroatoms. The highest BCUT2D eigenvalue weighted by Crippen LogP contribution is 2.35. The third-order valence-electron chi connectivity index (χ3n) is 7.24. The Balaban J connectivity index is 1.42. The lowest BCUT2D eigenvalue weighted by molar-refractivity contribution is 0.0735. The number of hydrogen-bond acceptors (Lipinski definition) is 7. The van der Waals surface area contributed by atoms with Gasteiger partial charge < -0.3 is 19.9 Å². The Morgan fingerprint density at radius 2 is 1.93 bits per heavy atom. The molecule has 0 bridgehead atoms. The fourth-order valence-corrected chi connectivity index (χ4v) is 5.89. The van der Waals surface area contributed by atoms with Crippen LogP contribution in [0, 0.1) is 17.7 Å². The normalized spacial score (nSPS) is 15.9. The molecule has 1 amide bonds. The van der Waals surface area contributed by atoms with Crippen molar-refractivity contribution in [3.05, 3.63) is 111 Å². The van der Waals surface area contributed by atoms with Crippen molar-refractivity contribution in [2.24, 2.45) is 12.8 Å². The summed E-state index contributed by atoms with van der Waals surface area (Å²) in [6.45, 7) is 4.22. The maximum Gasteiger partial charge on any atom is 0.254 e. The van der Waals surface area contributed by atoms with Gasteiger partial charge in [0, 0.05) is 47.7 Å². The molecule has 0 spiro atoms. The maximum absolute atomic E-state index is 13.9. The predicted octanol–water partition coefficient (Wildman–Crippen LogP) is 6.34. The Kier molecular flexibility index (Phi) is 8.36. The zero-order valence-electron chi connectivity index (χ0n) is 23.9. The summed E-state index contributed by atoms with van der Waals surface area (Å²) in [6.07, 6.45) is 7.00. The average Bonchev–Trinajstić information content (AvgIpc) is 3.74. The van der Waals surface area contributed by atoms with Gasteiger partial charge in [-0.25, -0.2) is 4.98 Å². The van der Waals surface area contributed by atoms with Crippen LogP contribution in [0.5, 0.6) is 0 Å². The van der Waals surface area contributed by atoms with E-state index in [9.17, 15) is 4.79 Å². The Hall–Kier alpha value is -4.56. The van der Waals surface area contributed by atoms with Crippen molar-refractivity contribution in [3.63, 3.8) is 0 Å². The van der Waals surface area contributed by atoms with Gasteiger partial charge in [-0.3, -0.25) is 15.6 Å². The van der Waals surface area contributed by atoms with Crippen molar-refractivity contribution in [1.29, 1.82) is 10.8 Å². The van der Waals surface area contributed by atoms with Crippen LogP contribution in [0.2, 0.25) is 0 Å². The van der Waals surface area contributed by atoms with E-state index in [0.29, 0.717) is 17.7 Å². The van der Waals surface area contributed by atoms with Crippen LogP contribution >= 0.6 is 11.3 Å². The highest BCUT2D eigenvalue weighted by atomic mass is 32.1. The summed E-state index contributed by atoms with van der Waals surface area (Å²) in [4.78, 5) is 20.5. The summed E-state index contributed by atoms with van der Waals surface area (Å²) in [5, 5.41) is 20.2. The second-order valence-corrected chi connectivity index (χ2v) is 11.6. The van der Waals surface area contributed by atoms with Gasteiger partial charge in [-0.2, -0.15) is 0 Å². The minimum atomic E-state index is -1.30. The molecule has 214 valence electrons. The zero-order chi connectivity index (χ0) is 29.9. The molecule has 1 fully saturated rings. The molecule has 4 N–H and O–H groups in total. The van der Waals surface area contributed by atoms with Gasteiger partial charge >= 0.3 is 0 Å². The van der Waals surface area contributed by atoms with E-state index >= 15 is 0 Å². The van der Waals surface area contributed by atoms with Crippen LogP contribution in [0.15, 0.2) is 84.0 Å². The van der Waals surface area contributed by atoms with Crippen molar-refractivity contribution in [3.8, 4) is 11.3 Å². The van der Waals surface area contributed by atoms with E-state index in [4.69, 9.17) is 21.3 Å². The largest absolute Gasteiger partial charge is 0.423 e. The van der Waals surface area contributed by atoms with Gasteiger partial charge in [-0.05, 0) is 80.3 Å². The first-order valence-corrected chi connectivity index (χ1v) is 14.6. The van der Waals surface area contributed by atoms with Gasteiger partial charge in [0.15, 0.2) is 0 Å². The number of aryl methyl sites for hydroxylation is 2. The molecule has 0 aliphatic carbocycles. The average molecular weight is 579 g/mol. The van der Waals surface area contributed by atoms with Crippen LogP contribution in [0.1, 0.15) is 58.0 Å². The van der Waals surface area contributed by atoms with Gasteiger partial charge in [0.05, 0.1) is 6.04 Å². The smallest absolute Gasteiger partial charge is 0.254 e. The minimum Gasteiger partial charge on any atom is -0.423 e. The summed E-state index contributed by atoms with van der Waals surface area (Å²) < 4.78 is 7.63. The SMILES string of the molecule is Cc1csc([C@H]2CCCN2C(=O)c2cc(C(=N)OC(=N)[C@](C)(N)C=C=Cc3ccccc3)cc(-c3cccn3C)c2)n1. The van der Waals surface area contributed by atoms with Crippen LogP contribution in [-0.4, -0.2) is 44.2 Å². The van der Waals surface area contributed by atoms with Crippen molar-refractivity contribution < 1.29 is 9.53 Å². The van der Waals surface area contributed by atoms with Gasteiger partial charge in [0.2, 0.25) is 11.8 Å². The third-order valence-corrected chi connectivity index (χ3v) is 8.31. The molecule has 2 aromatic heterocycles. The van der Waals surface area contributed by atoms with Crippen LogP contribution in [0.4, 0.5) is 0 Å². The minimum absolute atomic E-state index is 0.0732. The number of carbonyl (C=O) groups is 1. The fraction of sp³-hybridized carbons (Fsp3) is 0.242. The molecule has 0 saturated carbocycles. The quantitative estimate of drug-likeness (QED) is 0.135. The number of nitrogens with one attached hydrogen (secondary N) is 2. The third kappa shape index (κ3) is 6.34. The number of nitrogens with two attached hydrogens (primary N) is 1. The molecule has 3 heterocycles. The molecule has 1 aliphatic heterocycles. The Bertz CT molecular complexity index is 1690. The summed E-state index contributed by atoms with van der Waals surface area (Å²) in [7, 11) is 1.93. The van der Waals surface area contributed by atoms with E-state index in [0.717, 1.165) is 40.4 Å². The lowest BCUT2D eigenvalue weighted by Gasteiger charge is -2.24. The van der Waals surface area contributed by atoms with E-state index in [2.05, 4.69) is 10.7 Å². The summed E-state index contributed by atoms with van der Waals surface area (Å²) in [5.74, 6) is -0.698. The lowest BCUT2D eigenvalue weighted by Crippen LogP contribution is -2.44. The number of amides is 1. The van der Waals surface area contributed by atoms with Crippen molar-refractivity contribution in [2.45, 2.75) is 38.3 Å². The van der Waals surface area contributed by atoms with Crippen LogP contribution in [0.25, 0.3) is 17.3 Å². The van der Waals surface area contributed by atoms with Crippen molar-refractivity contribution >= 4 is 35.1 Å². The highest BCUT2D eigenvalue weighted by Gasteiger charge is 2.33. The van der Waals surface area contributed by atoms with E-state index in [1.54, 1.807) is 42.5 Å². The number of ether oxygens (including phenoxy) is 1. The van der Waals surface area contributed by atoms with Crippen LogP contribution < -0.4 is 5.73 Å². The second-order valence-electron chi connectivity index (χ2n) is 10.7. The molecular formula is C33H34N6O2S. The van der Waals surface area contributed by atoms with Crippen LogP contribution in [-0.2, 0) is 11.8 Å². The van der Waals surface area contributed by atoms with Gasteiger partial charge in [-0.1, -0.05) is 30.3 Å². The molecular weight excluding hydrogens is 544 g/mol. The molecule has 2 atom stereocenters. The Labute approximate surface area is 249 Å². The molecule has 2 aromatic carbocycles. The number of hydrogen-bond donors (Lipinski definition) is 3. The van der Waals surface area contributed by atoms with Crippen LogP contribution in [0.3, 0.4) is 0 Å². The first kappa shape index (κ1) is 29.0. The highest BCUT2D eigenvalue weighted by molar-refractivity contribution is 7.09. The molecule has 1 saturated heterocycles. The number of benzene rings is 2. The van der Waals surface area contributed by atoms with E-state index in [1.807, 2.05) is 83.5 Å². The zero-order valence-corrected chi connectivity index (χ0v) is 24.7. The van der Waals surface area contributed by atoms with Crippen molar-refractivity contribution in [2.75, 3.05) is 6.54 Å². The number of carbonyl (C=O) groups excluding carboxylic acids is 1. The predicted molar refractivity (Wildman–Crippen MR) is 168 cm³/mol. The second kappa shape index (κ2) is 12.1. The topological polar surface area (TPSA) is 121 Å². The van der Waals surface area contributed by atoms with Gasteiger partial charge in [-0.15, -0.1) is 17.1 Å². The number of likely N-dealkylation sites (tertiary alicyclic amines) is 1. The van der Waals surface area contributed by atoms with Crippen molar-refractivity contribution in [1.82, 2.24) is 14.5 Å². The standard InChI is InChI=1S/C33H34N6O2S/c1-22-21-42-30(37-22)28-14-9-17-39(28)31(40)26-19-24(27-13-8-16-38(27)3)18-25(20-26)29(34)41-32(35)33(2,36)15-7-12-23-10-5-4-6-11-23/h4-6,8,10-13,15-16,18-21,28,34-35H,9,14,17,36H2,1-3H3/t7?,28-,33-/m1/s1. The molecule has 0 unspecified atom stereocenters. The van der Waals surface area contributed by atoms with E-state index < -0.39 is 5.54 Å². The monoisotopic (exact) mass is 578 g/mol. The molecule has 5 rings (SSSR count). The first-order chi connectivity index (χ1) is 20.1. The fourth-order valence-electron chi connectivity index (χ4n) is 4.95. The molecule has 42 heavy (non-hydrogen) atoms. The summed E-state index contributed by atoms with van der Waals surface area (Å²) >= 11 is 1.58. The lowest BCUT2D eigenvalue weighted by atomic mass is 10.0. The molecule has 8 nitrogen and oxygen atoms in total.